The van der Waals surface area contributed by atoms with Crippen LogP contribution >= 0.6 is 11.5 Å². The second-order valence-corrected chi connectivity index (χ2v) is 8.55. The van der Waals surface area contributed by atoms with Crippen LogP contribution in [0, 0.1) is 5.92 Å². The van der Waals surface area contributed by atoms with Crippen molar-refractivity contribution in [2.75, 3.05) is 24.5 Å². The van der Waals surface area contributed by atoms with Crippen molar-refractivity contribution in [3.8, 4) is 0 Å². The smallest absolute Gasteiger partial charge is 0.226 e. The van der Waals surface area contributed by atoms with Crippen molar-refractivity contribution in [1.82, 2.24) is 14.3 Å². The first-order chi connectivity index (χ1) is 13.2. The molecule has 27 heavy (non-hydrogen) atoms. The van der Waals surface area contributed by atoms with Crippen molar-refractivity contribution >= 4 is 22.6 Å². The van der Waals surface area contributed by atoms with Crippen LogP contribution in [0.3, 0.4) is 0 Å². The molecule has 2 heterocycles. The standard InChI is InChI=1S/C21H28N4OS/c1-16-15-24(12-13-25(16)20(26)18-10-6-3-7-11-18)21-22-19(23-27-21)14-17-8-4-2-5-9-17/h2,4-5,8-9,16,18H,3,6-7,10-15H2,1H3/t16-/m1/s1. The van der Waals surface area contributed by atoms with Crippen LogP contribution in [0.1, 0.15) is 50.4 Å². The molecule has 2 fully saturated rings. The number of hydrogen-bond donors (Lipinski definition) is 0. The van der Waals surface area contributed by atoms with Crippen molar-refractivity contribution in [1.29, 1.82) is 0 Å². The molecule has 2 aromatic rings. The van der Waals surface area contributed by atoms with E-state index < -0.39 is 0 Å². The molecule has 0 bridgehead atoms. The molecule has 6 heteroatoms. The lowest BCUT2D eigenvalue weighted by atomic mass is 9.88. The number of rotatable bonds is 4. The number of amides is 1. The van der Waals surface area contributed by atoms with Gasteiger partial charge >= 0.3 is 0 Å². The lowest BCUT2D eigenvalue weighted by Crippen LogP contribution is -2.55. The van der Waals surface area contributed by atoms with Crippen LogP contribution in [0.5, 0.6) is 0 Å². The second kappa shape index (κ2) is 8.38. The number of piperazine rings is 1. The Morgan fingerprint density at radius 2 is 1.93 bits per heavy atom. The van der Waals surface area contributed by atoms with Crippen molar-refractivity contribution in [3.05, 3.63) is 41.7 Å². The van der Waals surface area contributed by atoms with Gasteiger partial charge in [-0.1, -0.05) is 49.6 Å². The summed E-state index contributed by atoms with van der Waals surface area (Å²) < 4.78 is 4.55. The highest BCUT2D eigenvalue weighted by atomic mass is 32.1. The maximum atomic E-state index is 12.9. The van der Waals surface area contributed by atoms with Crippen LogP contribution in [0.15, 0.2) is 30.3 Å². The fraction of sp³-hybridized carbons (Fsp3) is 0.571. The van der Waals surface area contributed by atoms with Gasteiger partial charge in [0.15, 0.2) is 0 Å². The van der Waals surface area contributed by atoms with E-state index in [2.05, 4.69) is 33.2 Å². The normalized spacial score (nSPS) is 21.4. The highest BCUT2D eigenvalue weighted by Gasteiger charge is 2.33. The summed E-state index contributed by atoms with van der Waals surface area (Å²) in [6.45, 7) is 4.66. The molecular formula is C21H28N4OS. The van der Waals surface area contributed by atoms with E-state index in [9.17, 15) is 4.79 Å². The Morgan fingerprint density at radius 1 is 1.15 bits per heavy atom. The van der Waals surface area contributed by atoms with Gasteiger partial charge in [0.1, 0.15) is 5.82 Å². The molecule has 1 aliphatic heterocycles. The summed E-state index contributed by atoms with van der Waals surface area (Å²) in [7, 11) is 0. The number of nitrogens with zero attached hydrogens (tertiary/aromatic N) is 4. The zero-order chi connectivity index (χ0) is 18.6. The average molecular weight is 385 g/mol. The van der Waals surface area contributed by atoms with Crippen molar-refractivity contribution in [3.63, 3.8) is 0 Å². The fourth-order valence-corrected chi connectivity index (χ4v) is 4.99. The number of benzene rings is 1. The van der Waals surface area contributed by atoms with E-state index in [0.29, 0.717) is 5.91 Å². The summed E-state index contributed by atoms with van der Waals surface area (Å²) in [5.74, 6) is 1.52. The molecule has 144 valence electrons. The molecule has 2 aliphatic rings. The van der Waals surface area contributed by atoms with Gasteiger partial charge in [0.25, 0.3) is 0 Å². The summed E-state index contributed by atoms with van der Waals surface area (Å²) >= 11 is 1.48. The van der Waals surface area contributed by atoms with E-state index >= 15 is 0 Å². The minimum atomic E-state index is 0.231. The first-order valence-corrected chi connectivity index (χ1v) is 10.9. The summed E-state index contributed by atoms with van der Waals surface area (Å²) in [5.41, 5.74) is 1.23. The van der Waals surface area contributed by atoms with Crippen LogP contribution in [0.2, 0.25) is 0 Å². The Morgan fingerprint density at radius 3 is 2.67 bits per heavy atom. The molecule has 1 atom stereocenters. The molecular weight excluding hydrogens is 356 g/mol. The Hall–Kier alpha value is -1.95. The number of carbonyl (C=O) groups is 1. The largest absolute Gasteiger partial charge is 0.343 e. The SMILES string of the molecule is C[C@@H]1CN(c2nc(Cc3ccccc3)ns2)CCN1C(=O)C1CCCCC1. The van der Waals surface area contributed by atoms with Crippen molar-refractivity contribution < 1.29 is 4.79 Å². The van der Waals surface area contributed by atoms with E-state index in [0.717, 1.165) is 49.9 Å². The van der Waals surface area contributed by atoms with E-state index in [-0.39, 0.29) is 12.0 Å². The third-order valence-corrected chi connectivity index (χ3v) is 6.61. The Kier molecular flexibility index (Phi) is 5.72. The average Bonchev–Trinajstić information content (AvgIpc) is 3.17. The molecule has 0 spiro atoms. The van der Waals surface area contributed by atoms with E-state index in [1.807, 2.05) is 18.2 Å². The Balaban J connectivity index is 1.36. The zero-order valence-corrected chi connectivity index (χ0v) is 16.8. The molecule has 1 amide bonds. The highest BCUT2D eigenvalue weighted by molar-refractivity contribution is 7.09. The first-order valence-electron chi connectivity index (χ1n) is 10.1. The predicted octanol–water partition coefficient (Wildman–Crippen LogP) is 3.75. The summed E-state index contributed by atoms with van der Waals surface area (Å²) in [4.78, 5) is 22.1. The van der Waals surface area contributed by atoms with E-state index in [4.69, 9.17) is 4.98 Å². The number of hydrogen-bond acceptors (Lipinski definition) is 5. The first kappa shape index (κ1) is 18.4. The van der Waals surface area contributed by atoms with Gasteiger partial charge < -0.3 is 9.80 Å². The third kappa shape index (κ3) is 4.32. The molecule has 4 rings (SSSR count). The fourth-order valence-electron chi connectivity index (χ4n) is 4.27. The Bertz CT molecular complexity index is 757. The molecule has 1 aliphatic carbocycles. The van der Waals surface area contributed by atoms with Crippen molar-refractivity contribution in [2.45, 2.75) is 51.5 Å². The second-order valence-electron chi connectivity index (χ2n) is 7.82. The van der Waals surface area contributed by atoms with Crippen LogP contribution in [0.4, 0.5) is 5.13 Å². The maximum absolute atomic E-state index is 12.9. The molecule has 1 aromatic heterocycles. The molecule has 5 nitrogen and oxygen atoms in total. The van der Waals surface area contributed by atoms with E-state index in [1.54, 1.807) is 0 Å². The van der Waals surface area contributed by atoms with Gasteiger partial charge in [0.2, 0.25) is 11.0 Å². The van der Waals surface area contributed by atoms with Gasteiger partial charge in [-0.2, -0.15) is 4.37 Å². The lowest BCUT2D eigenvalue weighted by molar-refractivity contribution is -0.139. The summed E-state index contributed by atoms with van der Waals surface area (Å²) in [6, 6.07) is 10.6. The molecule has 1 saturated carbocycles. The van der Waals surface area contributed by atoms with Gasteiger partial charge in [0, 0.05) is 49.5 Å². The topological polar surface area (TPSA) is 49.3 Å². The summed E-state index contributed by atoms with van der Waals surface area (Å²) in [5, 5.41) is 0.984. The van der Waals surface area contributed by atoms with Gasteiger partial charge in [-0.3, -0.25) is 4.79 Å². The quantitative estimate of drug-likeness (QED) is 0.806. The van der Waals surface area contributed by atoms with Crippen LogP contribution in [-0.2, 0) is 11.2 Å². The minimum absolute atomic E-state index is 0.231. The zero-order valence-electron chi connectivity index (χ0n) is 16.0. The number of carbonyl (C=O) groups excluding carboxylic acids is 1. The summed E-state index contributed by atoms with van der Waals surface area (Å²) in [6.07, 6.45) is 6.62. The minimum Gasteiger partial charge on any atom is -0.343 e. The van der Waals surface area contributed by atoms with Gasteiger partial charge in [0.05, 0.1) is 0 Å². The molecule has 0 N–H and O–H groups in total. The van der Waals surface area contributed by atoms with Gasteiger partial charge in [-0.15, -0.1) is 0 Å². The molecule has 1 saturated heterocycles. The number of anilines is 1. The van der Waals surface area contributed by atoms with Gasteiger partial charge in [-0.25, -0.2) is 4.98 Å². The maximum Gasteiger partial charge on any atom is 0.226 e. The van der Waals surface area contributed by atoms with Crippen LogP contribution in [0.25, 0.3) is 0 Å². The molecule has 0 radical (unpaired) electrons. The van der Waals surface area contributed by atoms with Crippen molar-refractivity contribution in [2.24, 2.45) is 5.92 Å². The number of aromatic nitrogens is 2. The monoisotopic (exact) mass is 384 g/mol. The lowest BCUT2D eigenvalue weighted by Gasteiger charge is -2.41. The van der Waals surface area contributed by atoms with Crippen LogP contribution < -0.4 is 4.90 Å². The van der Waals surface area contributed by atoms with E-state index in [1.165, 1.54) is 36.4 Å². The molecule has 0 unspecified atom stereocenters. The predicted molar refractivity (Wildman–Crippen MR) is 109 cm³/mol. The Labute approximate surface area is 165 Å². The molecule has 1 aromatic carbocycles. The third-order valence-electron chi connectivity index (χ3n) is 5.80. The highest BCUT2D eigenvalue weighted by Crippen LogP contribution is 2.28. The van der Waals surface area contributed by atoms with Crippen LogP contribution in [-0.4, -0.2) is 45.8 Å². The van der Waals surface area contributed by atoms with Gasteiger partial charge in [-0.05, 0) is 25.3 Å².